The Labute approximate surface area is 133 Å². The lowest BCUT2D eigenvalue weighted by atomic mass is 9.48. The van der Waals surface area contributed by atoms with Crippen LogP contribution in [0.5, 0.6) is 0 Å². The van der Waals surface area contributed by atoms with Crippen LogP contribution >= 0.6 is 11.8 Å². The second-order valence-corrected chi connectivity index (χ2v) is 9.36. The molecule has 2 unspecified atom stereocenters. The van der Waals surface area contributed by atoms with Gasteiger partial charge in [0.1, 0.15) is 0 Å². The first-order valence-corrected chi connectivity index (χ1v) is 10.1. The van der Waals surface area contributed by atoms with E-state index in [1.54, 1.807) is 19.3 Å². The highest BCUT2D eigenvalue weighted by Gasteiger charge is 2.53. The molecule has 2 atom stereocenters. The highest BCUT2D eigenvalue weighted by Crippen LogP contribution is 2.61. The summed E-state index contributed by atoms with van der Waals surface area (Å²) in [6, 6.07) is 1.19. The van der Waals surface area contributed by atoms with Gasteiger partial charge in [-0.3, -0.25) is 4.99 Å². The van der Waals surface area contributed by atoms with E-state index in [4.69, 9.17) is 4.99 Å². The van der Waals surface area contributed by atoms with Crippen molar-refractivity contribution in [2.45, 2.75) is 77.3 Å². The van der Waals surface area contributed by atoms with Crippen LogP contribution in [-0.2, 0) is 0 Å². The number of thioether (sulfide) groups is 1. The maximum Gasteiger partial charge on any atom is 0.157 e. The van der Waals surface area contributed by atoms with Gasteiger partial charge in [0.25, 0.3) is 0 Å². The van der Waals surface area contributed by atoms with Gasteiger partial charge in [0.15, 0.2) is 5.17 Å². The molecule has 5 rings (SSSR count). The van der Waals surface area contributed by atoms with Crippen LogP contribution in [0.1, 0.15) is 65.2 Å². The zero-order valence-electron chi connectivity index (χ0n) is 13.6. The van der Waals surface area contributed by atoms with Crippen molar-refractivity contribution in [1.82, 2.24) is 5.32 Å². The number of nitrogens with zero attached hydrogens (tertiary/aromatic N) is 1. The molecular weight excluding hydrogens is 276 g/mol. The summed E-state index contributed by atoms with van der Waals surface area (Å²) in [5, 5.41) is 5.10. The van der Waals surface area contributed by atoms with Gasteiger partial charge >= 0.3 is 0 Å². The molecule has 21 heavy (non-hydrogen) atoms. The summed E-state index contributed by atoms with van der Waals surface area (Å²) in [5.41, 5.74) is 0.594. The fourth-order valence-electron chi connectivity index (χ4n) is 5.98. The van der Waals surface area contributed by atoms with Gasteiger partial charge in [-0.05, 0) is 81.5 Å². The third-order valence-corrected chi connectivity index (χ3v) is 7.74. The van der Waals surface area contributed by atoms with E-state index in [1.165, 1.54) is 43.0 Å². The minimum absolute atomic E-state index is 0.567. The van der Waals surface area contributed by atoms with Gasteiger partial charge in [-0.15, -0.1) is 0 Å². The van der Waals surface area contributed by atoms with Gasteiger partial charge in [-0.25, -0.2) is 0 Å². The number of rotatable bonds is 3. The molecule has 0 amide bonds. The largest absolute Gasteiger partial charge is 0.362 e. The van der Waals surface area contributed by atoms with Crippen molar-refractivity contribution in [3.8, 4) is 0 Å². The highest BCUT2D eigenvalue weighted by molar-refractivity contribution is 8.13. The van der Waals surface area contributed by atoms with Crippen molar-refractivity contribution >= 4 is 16.9 Å². The maximum atomic E-state index is 4.94. The Morgan fingerprint density at radius 2 is 1.81 bits per heavy atom. The molecule has 1 N–H and O–H groups in total. The monoisotopic (exact) mass is 306 g/mol. The highest BCUT2D eigenvalue weighted by atomic mass is 32.2. The van der Waals surface area contributed by atoms with Gasteiger partial charge < -0.3 is 5.32 Å². The Kier molecular flexibility index (Phi) is 3.76. The maximum absolute atomic E-state index is 4.94. The Morgan fingerprint density at radius 1 is 1.19 bits per heavy atom. The predicted octanol–water partition coefficient (Wildman–Crippen LogP) is 4.45. The van der Waals surface area contributed by atoms with E-state index in [0.717, 1.165) is 17.8 Å². The average Bonchev–Trinajstić information content (AvgIpc) is 2.46. The zero-order valence-corrected chi connectivity index (χ0v) is 14.4. The predicted molar refractivity (Wildman–Crippen MR) is 91.8 cm³/mol. The van der Waals surface area contributed by atoms with Crippen molar-refractivity contribution in [3.63, 3.8) is 0 Å². The lowest BCUT2D eigenvalue weighted by molar-refractivity contribution is -0.0671. The van der Waals surface area contributed by atoms with Crippen LogP contribution in [0.4, 0.5) is 0 Å². The van der Waals surface area contributed by atoms with Crippen LogP contribution in [0.25, 0.3) is 0 Å². The molecule has 0 aromatic carbocycles. The lowest BCUT2D eigenvalue weighted by Gasteiger charge is -2.59. The van der Waals surface area contributed by atoms with Crippen LogP contribution in [-0.4, -0.2) is 23.0 Å². The van der Waals surface area contributed by atoms with Crippen molar-refractivity contribution in [2.75, 3.05) is 5.75 Å². The van der Waals surface area contributed by atoms with Gasteiger partial charge in [-0.2, -0.15) is 0 Å². The SMILES string of the molecule is CCC1CCSC(NC(C)C23CC4CC(CC(C4)C2)C3)=N1. The fourth-order valence-corrected chi connectivity index (χ4v) is 7.05. The second-order valence-electron chi connectivity index (χ2n) is 8.28. The molecule has 0 saturated heterocycles. The molecule has 1 heterocycles. The van der Waals surface area contributed by atoms with Gasteiger partial charge in [-0.1, -0.05) is 18.7 Å². The van der Waals surface area contributed by atoms with E-state index in [9.17, 15) is 0 Å². The smallest absolute Gasteiger partial charge is 0.157 e. The second kappa shape index (κ2) is 5.47. The zero-order chi connectivity index (χ0) is 14.4. The average molecular weight is 307 g/mol. The fraction of sp³-hybridized carbons (Fsp3) is 0.944. The molecule has 118 valence electrons. The van der Waals surface area contributed by atoms with Crippen LogP contribution in [0, 0.1) is 23.2 Å². The molecule has 0 radical (unpaired) electrons. The number of amidine groups is 1. The van der Waals surface area contributed by atoms with E-state index >= 15 is 0 Å². The lowest BCUT2D eigenvalue weighted by Crippen LogP contribution is -2.55. The molecule has 5 aliphatic rings. The van der Waals surface area contributed by atoms with Crippen molar-refractivity contribution in [3.05, 3.63) is 0 Å². The Balaban J connectivity index is 1.47. The van der Waals surface area contributed by atoms with Crippen LogP contribution in [0.3, 0.4) is 0 Å². The Hall–Kier alpha value is -0.180. The van der Waals surface area contributed by atoms with Crippen molar-refractivity contribution in [1.29, 1.82) is 0 Å². The van der Waals surface area contributed by atoms with Gasteiger partial charge in [0.05, 0.1) is 6.04 Å². The van der Waals surface area contributed by atoms with Gasteiger partial charge in [0.2, 0.25) is 0 Å². The standard InChI is InChI=1S/C18H30N2S/c1-3-16-4-5-21-17(20-16)19-12(2)18-9-13-6-14(10-18)8-15(7-13)11-18/h12-16H,3-11H2,1-2H3,(H,19,20). The van der Waals surface area contributed by atoms with E-state index in [1.807, 2.05) is 11.8 Å². The topological polar surface area (TPSA) is 24.4 Å². The van der Waals surface area contributed by atoms with Crippen LogP contribution in [0.2, 0.25) is 0 Å². The van der Waals surface area contributed by atoms with Crippen LogP contribution in [0.15, 0.2) is 4.99 Å². The summed E-state index contributed by atoms with van der Waals surface area (Å²) in [5.74, 6) is 4.39. The molecule has 3 heteroatoms. The van der Waals surface area contributed by atoms with Crippen molar-refractivity contribution < 1.29 is 0 Å². The molecule has 4 fully saturated rings. The summed E-state index contributed by atoms with van der Waals surface area (Å²) >= 11 is 1.95. The third kappa shape index (κ3) is 2.64. The molecular formula is C18H30N2S. The summed E-state index contributed by atoms with van der Waals surface area (Å²) in [6.45, 7) is 4.72. The minimum atomic E-state index is 0.567. The molecule has 2 nitrogen and oxygen atoms in total. The van der Waals surface area contributed by atoms with E-state index < -0.39 is 0 Å². The normalized spacial score (nSPS) is 46.3. The number of nitrogens with one attached hydrogen (secondary N) is 1. The quantitative estimate of drug-likeness (QED) is 0.833. The molecule has 4 saturated carbocycles. The Morgan fingerprint density at radius 3 is 2.38 bits per heavy atom. The molecule has 0 aromatic rings. The molecule has 1 aliphatic heterocycles. The first-order valence-electron chi connectivity index (χ1n) is 9.14. The summed E-state index contributed by atoms with van der Waals surface area (Å²) < 4.78 is 0. The molecule has 4 aliphatic carbocycles. The minimum Gasteiger partial charge on any atom is -0.362 e. The Bertz CT molecular complexity index is 396. The summed E-state index contributed by atoms with van der Waals surface area (Å²) in [4.78, 5) is 4.94. The number of aliphatic imine (C=N–C) groups is 1. The van der Waals surface area contributed by atoms with Crippen LogP contribution < -0.4 is 5.32 Å². The summed E-state index contributed by atoms with van der Waals surface area (Å²) in [7, 11) is 0. The van der Waals surface area contributed by atoms with Crippen molar-refractivity contribution in [2.24, 2.45) is 28.2 Å². The molecule has 0 aromatic heterocycles. The molecule has 0 spiro atoms. The van der Waals surface area contributed by atoms with E-state index in [-0.39, 0.29) is 0 Å². The number of hydrogen-bond donors (Lipinski definition) is 1. The van der Waals surface area contributed by atoms with Gasteiger partial charge in [0, 0.05) is 11.8 Å². The first-order chi connectivity index (χ1) is 10.2. The third-order valence-electron chi connectivity index (χ3n) is 6.81. The van der Waals surface area contributed by atoms with E-state index in [0.29, 0.717) is 17.5 Å². The molecule has 4 bridgehead atoms. The summed E-state index contributed by atoms with van der Waals surface area (Å²) in [6.07, 6.45) is 11.5. The first kappa shape index (κ1) is 14.4. The number of hydrogen-bond acceptors (Lipinski definition) is 3. The van der Waals surface area contributed by atoms with E-state index in [2.05, 4.69) is 19.2 Å².